The minimum Gasteiger partial charge on any atom is -0.322 e. The summed E-state index contributed by atoms with van der Waals surface area (Å²) in [6.45, 7) is 1.96. The van der Waals surface area contributed by atoms with E-state index in [0.29, 0.717) is 22.5 Å². The molecule has 2 aromatic heterocycles. The molecule has 1 aliphatic rings. The highest BCUT2D eigenvalue weighted by atomic mass is 16.1. The molecule has 140 valence electrons. The first-order valence-electron chi connectivity index (χ1n) is 9.20. The number of carbonyl (C=O) groups is 1. The monoisotopic (exact) mass is 379 g/mol. The Morgan fingerprint density at radius 1 is 1.14 bits per heavy atom. The first-order chi connectivity index (χ1) is 14.0. The van der Waals surface area contributed by atoms with Crippen molar-refractivity contribution >= 4 is 11.6 Å². The number of nitrogens with zero attached hydrogens (tertiary/aromatic N) is 4. The lowest BCUT2D eigenvalue weighted by atomic mass is 10.00. The van der Waals surface area contributed by atoms with Gasteiger partial charge in [0.2, 0.25) is 0 Å². The number of rotatable bonds is 4. The highest BCUT2D eigenvalue weighted by molar-refractivity contribution is 6.04. The smallest absolute Gasteiger partial charge is 0.255 e. The van der Waals surface area contributed by atoms with Crippen LogP contribution in [-0.4, -0.2) is 15.9 Å². The Kier molecular flexibility index (Phi) is 4.54. The molecule has 1 aromatic carbocycles. The molecule has 29 heavy (non-hydrogen) atoms. The van der Waals surface area contributed by atoms with Crippen LogP contribution in [0.4, 0.5) is 5.69 Å². The van der Waals surface area contributed by atoms with E-state index in [1.54, 1.807) is 30.6 Å². The lowest BCUT2D eigenvalue weighted by molar-refractivity contribution is 0.102. The molecule has 4 rings (SSSR count). The molecule has 0 saturated heterocycles. The molecular formula is C23H17N5O. The SMILES string of the molecule is Cc1ccc(NC(=O)c2ccnc(C3(C#N)CC3)c2)cc1-c1cncc(C#N)c1. The van der Waals surface area contributed by atoms with Crippen LogP contribution in [0.3, 0.4) is 0 Å². The summed E-state index contributed by atoms with van der Waals surface area (Å²) in [5.41, 5.74) is 4.41. The summed E-state index contributed by atoms with van der Waals surface area (Å²) in [5, 5.41) is 21.4. The topological polar surface area (TPSA) is 102 Å². The minimum atomic E-state index is -0.536. The number of nitrogens with one attached hydrogen (secondary N) is 1. The standard InChI is InChI=1S/C23H17N5O/c1-15-2-3-19(10-20(15)18-8-16(11-24)12-26-13-18)28-22(29)17-4-7-27-21(9-17)23(14-25)5-6-23/h2-4,7-10,12-13H,5-6H2,1H3,(H,28,29). The highest BCUT2D eigenvalue weighted by Crippen LogP contribution is 2.46. The zero-order valence-corrected chi connectivity index (χ0v) is 15.8. The second-order valence-electron chi connectivity index (χ2n) is 7.18. The first kappa shape index (κ1) is 18.3. The number of carbonyl (C=O) groups excluding carboxylic acids is 1. The van der Waals surface area contributed by atoms with Crippen LogP contribution in [0.25, 0.3) is 11.1 Å². The van der Waals surface area contributed by atoms with Gasteiger partial charge in [-0.2, -0.15) is 10.5 Å². The van der Waals surface area contributed by atoms with Gasteiger partial charge in [0.1, 0.15) is 6.07 Å². The lowest BCUT2D eigenvalue weighted by Crippen LogP contribution is -2.14. The summed E-state index contributed by atoms with van der Waals surface area (Å²) in [6.07, 6.45) is 6.33. The normalized spacial score (nSPS) is 13.8. The van der Waals surface area contributed by atoms with E-state index in [-0.39, 0.29) is 5.91 Å². The maximum atomic E-state index is 12.8. The largest absolute Gasteiger partial charge is 0.322 e. The Bertz CT molecular complexity index is 1200. The van der Waals surface area contributed by atoms with Gasteiger partial charge in [-0.1, -0.05) is 6.07 Å². The average molecular weight is 379 g/mol. The van der Waals surface area contributed by atoms with Crippen LogP contribution in [0.15, 0.2) is 55.0 Å². The number of aromatic nitrogens is 2. The minimum absolute atomic E-state index is 0.263. The number of pyridine rings is 2. The van der Waals surface area contributed by atoms with Gasteiger partial charge in [-0.25, -0.2) is 0 Å². The molecule has 6 heteroatoms. The molecular weight excluding hydrogens is 362 g/mol. The Morgan fingerprint density at radius 2 is 1.97 bits per heavy atom. The number of nitriles is 2. The lowest BCUT2D eigenvalue weighted by Gasteiger charge is -2.12. The number of amides is 1. The summed E-state index contributed by atoms with van der Waals surface area (Å²) in [5.74, 6) is -0.263. The molecule has 6 nitrogen and oxygen atoms in total. The van der Waals surface area contributed by atoms with E-state index in [2.05, 4.69) is 27.4 Å². The van der Waals surface area contributed by atoms with Crippen LogP contribution in [0, 0.1) is 29.6 Å². The third-order valence-electron chi connectivity index (χ3n) is 5.15. The van der Waals surface area contributed by atoms with Gasteiger partial charge >= 0.3 is 0 Å². The maximum absolute atomic E-state index is 12.8. The van der Waals surface area contributed by atoms with Crippen LogP contribution in [0.5, 0.6) is 0 Å². The number of aryl methyl sites for hydroxylation is 1. The van der Waals surface area contributed by atoms with E-state index in [4.69, 9.17) is 5.26 Å². The van der Waals surface area contributed by atoms with Crippen molar-refractivity contribution in [2.24, 2.45) is 0 Å². The summed E-state index contributed by atoms with van der Waals surface area (Å²) < 4.78 is 0. The van der Waals surface area contributed by atoms with E-state index in [9.17, 15) is 10.1 Å². The average Bonchev–Trinajstić information content (AvgIpc) is 3.56. The van der Waals surface area contributed by atoms with Crippen LogP contribution >= 0.6 is 0 Å². The second kappa shape index (κ2) is 7.18. The summed E-state index contributed by atoms with van der Waals surface area (Å²) in [7, 11) is 0. The molecule has 0 unspecified atom stereocenters. The van der Waals surface area contributed by atoms with Gasteiger partial charge in [-0.05, 0) is 61.2 Å². The van der Waals surface area contributed by atoms with Gasteiger partial charge in [0.05, 0.1) is 22.7 Å². The highest BCUT2D eigenvalue weighted by Gasteiger charge is 2.46. The van der Waals surface area contributed by atoms with Crippen molar-refractivity contribution in [3.05, 3.63) is 77.4 Å². The fraction of sp³-hybridized carbons (Fsp3) is 0.174. The second-order valence-corrected chi connectivity index (χ2v) is 7.18. The third kappa shape index (κ3) is 3.56. The number of hydrogen-bond acceptors (Lipinski definition) is 5. The summed E-state index contributed by atoms with van der Waals surface area (Å²) in [4.78, 5) is 21.2. The van der Waals surface area contributed by atoms with Crippen molar-refractivity contribution in [2.45, 2.75) is 25.2 Å². The Balaban J connectivity index is 1.61. The molecule has 1 saturated carbocycles. The van der Waals surface area contributed by atoms with Crippen LogP contribution in [-0.2, 0) is 5.41 Å². The van der Waals surface area contributed by atoms with Crippen molar-refractivity contribution in [1.29, 1.82) is 10.5 Å². The molecule has 1 aliphatic carbocycles. The predicted octanol–water partition coefficient (Wildman–Crippen LogP) is 4.13. The number of hydrogen-bond donors (Lipinski definition) is 1. The van der Waals surface area contributed by atoms with Crippen molar-refractivity contribution in [1.82, 2.24) is 9.97 Å². The van der Waals surface area contributed by atoms with E-state index in [1.807, 2.05) is 25.1 Å². The van der Waals surface area contributed by atoms with Crippen molar-refractivity contribution in [2.75, 3.05) is 5.32 Å². The number of benzene rings is 1. The Morgan fingerprint density at radius 3 is 2.69 bits per heavy atom. The van der Waals surface area contributed by atoms with Crippen molar-refractivity contribution < 1.29 is 4.79 Å². The van der Waals surface area contributed by atoms with E-state index in [0.717, 1.165) is 29.5 Å². The molecule has 1 N–H and O–H groups in total. The number of anilines is 1. The molecule has 0 spiro atoms. The van der Waals surface area contributed by atoms with Crippen LogP contribution < -0.4 is 5.32 Å². The fourth-order valence-corrected chi connectivity index (χ4v) is 3.25. The molecule has 0 radical (unpaired) electrons. The maximum Gasteiger partial charge on any atom is 0.255 e. The molecule has 0 aliphatic heterocycles. The first-order valence-corrected chi connectivity index (χ1v) is 9.20. The van der Waals surface area contributed by atoms with Gasteiger partial charge in [-0.3, -0.25) is 14.8 Å². The molecule has 3 aromatic rings. The molecule has 1 amide bonds. The zero-order chi connectivity index (χ0) is 20.4. The Hall–Kier alpha value is -4.03. The predicted molar refractivity (Wildman–Crippen MR) is 108 cm³/mol. The summed E-state index contributed by atoms with van der Waals surface area (Å²) in [6, 6.07) is 15.1. The van der Waals surface area contributed by atoms with E-state index in [1.165, 1.54) is 6.20 Å². The molecule has 0 atom stereocenters. The van der Waals surface area contributed by atoms with Gasteiger partial charge in [0.15, 0.2) is 0 Å². The van der Waals surface area contributed by atoms with E-state index < -0.39 is 5.41 Å². The van der Waals surface area contributed by atoms with Gasteiger partial charge in [-0.15, -0.1) is 0 Å². The quantitative estimate of drug-likeness (QED) is 0.734. The van der Waals surface area contributed by atoms with Crippen LogP contribution in [0.2, 0.25) is 0 Å². The molecule has 2 heterocycles. The van der Waals surface area contributed by atoms with Gasteiger partial charge < -0.3 is 5.32 Å². The van der Waals surface area contributed by atoms with Gasteiger partial charge in [0, 0.05) is 35.4 Å². The molecule has 0 bridgehead atoms. The Labute approximate surface area is 168 Å². The van der Waals surface area contributed by atoms with Crippen molar-refractivity contribution in [3.63, 3.8) is 0 Å². The van der Waals surface area contributed by atoms with Gasteiger partial charge in [0.25, 0.3) is 5.91 Å². The molecule has 1 fully saturated rings. The third-order valence-corrected chi connectivity index (χ3v) is 5.15. The van der Waals surface area contributed by atoms with Crippen molar-refractivity contribution in [3.8, 4) is 23.3 Å². The van der Waals surface area contributed by atoms with E-state index >= 15 is 0 Å². The fourth-order valence-electron chi connectivity index (χ4n) is 3.25. The summed E-state index contributed by atoms with van der Waals surface area (Å²) >= 11 is 0. The zero-order valence-electron chi connectivity index (χ0n) is 15.8. The van der Waals surface area contributed by atoms with Crippen LogP contribution in [0.1, 0.15) is 40.0 Å².